The molecule has 0 radical (unpaired) electrons. The van der Waals surface area contributed by atoms with E-state index in [1.807, 2.05) is 6.92 Å². The highest BCUT2D eigenvalue weighted by Crippen LogP contribution is 2.17. The molecule has 25 heavy (non-hydrogen) atoms. The summed E-state index contributed by atoms with van der Waals surface area (Å²) in [4.78, 5) is 12.0. The maximum absolute atomic E-state index is 12.0. The normalized spacial score (nSPS) is 12.4. The van der Waals surface area contributed by atoms with Crippen molar-refractivity contribution in [3.63, 3.8) is 0 Å². The number of hydrogen-bond donors (Lipinski definition) is 2. The molecule has 0 aliphatic rings. The van der Waals surface area contributed by atoms with Gasteiger partial charge in [-0.1, -0.05) is 38.7 Å². The number of nitrogens with one attached hydrogen (secondary N) is 2. The van der Waals surface area contributed by atoms with Crippen LogP contribution in [0.2, 0.25) is 0 Å². The largest absolute Gasteiger partial charge is 0.492 e. The Balaban J connectivity index is 2.40. The molecule has 2 amide bonds. The van der Waals surface area contributed by atoms with Gasteiger partial charge in [-0.05, 0) is 25.5 Å². The molecule has 0 heterocycles. The van der Waals surface area contributed by atoms with Crippen LogP contribution in [0.25, 0.3) is 0 Å². The molecule has 0 fully saturated rings. The summed E-state index contributed by atoms with van der Waals surface area (Å²) in [6.07, 6.45) is 6.86. The molecule has 0 aromatic heterocycles. The average Bonchev–Trinajstić information content (AvgIpc) is 2.50. The van der Waals surface area contributed by atoms with Gasteiger partial charge in [0.1, 0.15) is 12.4 Å². The Morgan fingerprint density at radius 2 is 2.00 bits per heavy atom. The lowest BCUT2D eigenvalue weighted by atomic mass is 10.1. The van der Waals surface area contributed by atoms with Gasteiger partial charge in [0.2, 0.25) is 0 Å². The van der Waals surface area contributed by atoms with Gasteiger partial charge in [0.05, 0.1) is 5.75 Å². The Bertz CT molecular complexity index is 632. The monoisotopic (exact) mass is 370 g/mol. The molecular weight excluding hydrogens is 340 g/mol. The van der Waals surface area contributed by atoms with Crippen LogP contribution in [-0.4, -0.2) is 39.1 Å². The highest BCUT2D eigenvalue weighted by atomic mass is 32.2. The van der Waals surface area contributed by atoms with E-state index in [2.05, 4.69) is 17.6 Å². The topological polar surface area (TPSA) is 84.5 Å². The molecule has 0 aliphatic heterocycles. The number of ether oxygens (including phenoxy) is 1. The molecule has 2 N–H and O–H groups in total. The van der Waals surface area contributed by atoms with Crippen molar-refractivity contribution in [3.05, 3.63) is 24.3 Å². The number of unbranched alkanes of at least 4 members (excludes halogenated alkanes) is 3. The summed E-state index contributed by atoms with van der Waals surface area (Å²) in [6.45, 7) is 4.26. The second kappa shape index (κ2) is 11.0. The Labute approximate surface area is 151 Å². The van der Waals surface area contributed by atoms with E-state index in [4.69, 9.17) is 4.74 Å². The number of carbonyl (C=O) groups excluding carboxylic acids is 1. The van der Waals surface area contributed by atoms with Crippen molar-refractivity contribution in [1.29, 1.82) is 0 Å². The molecule has 1 atom stereocenters. The van der Waals surface area contributed by atoms with E-state index in [0.717, 1.165) is 12.8 Å². The molecule has 1 aromatic carbocycles. The molecule has 0 saturated heterocycles. The van der Waals surface area contributed by atoms with Crippen LogP contribution in [0.1, 0.15) is 46.0 Å². The van der Waals surface area contributed by atoms with Crippen molar-refractivity contribution in [2.75, 3.05) is 23.9 Å². The molecular formula is C18H30N2O4S. The predicted molar refractivity (Wildman–Crippen MR) is 102 cm³/mol. The van der Waals surface area contributed by atoms with E-state index in [0.29, 0.717) is 11.4 Å². The van der Waals surface area contributed by atoms with E-state index < -0.39 is 9.84 Å². The van der Waals surface area contributed by atoms with Gasteiger partial charge in [-0.3, -0.25) is 0 Å². The Hall–Kier alpha value is -1.76. The van der Waals surface area contributed by atoms with Crippen LogP contribution in [0, 0.1) is 0 Å². The summed E-state index contributed by atoms with van der Waals surface area (Å²) in [5.41, 5.74) is 0.604. The number of urea groups is 1. The highest BCUT2D eigenvalue weighted by molar-refractivity contribution is 7.90. The second-order valence-electron chi connectivity index (χ2n) is 6.36. The van der Waals surface area contributed by atoms with Crippen LogP contribution in [0.5, 0.6) is 5.75 Å². The van der Waals surface area contributed by atoms with Gasteiger partial charge in [-0.25, -0.2) is 13.2 Å². The predicted octanol–water partition coefficient (Wildman–Crippen LogP) is 3.59. The summed E-state index contributed by atoms with van der Waals surface area (Å²) in [7, 11) is -3.05. The van der Waals surface area contributed by atoms with Crippen molar-refractivity contribution >= 4 is 21.6 Å². The fraction of sp³-hybridized carbons (Fsp3) is 0.611. The van der Waals surface area contributed by atoms with Gasteiger partial charge in [-0.15, -0.1) is 0 Å². The van der Waals surface area contributed by atoms with Crippen LogP contribution in [0.4, 0.5) is 10.5 Å². The highest BCUT2D eigenvalue weighted by Gasteiger charge is 2.08. The van der Waals surface area contributed by atoms with Gasteiger partial charge < -0.3 is 15.4 Å². The van der Waals surface area contributed by atoms with Gasteiger partial charge >= 0.3 is 6.03 Å². The fourth-order valence-electron chi connectivity index (χ4n) is 2.31. The van der Waals surface area contributed by atoms with Gasteiger partial charge in [0.15, 0.2) is 9.84 Å². The third-order valence-corrected chi connectivity index (χ3v) is 4.59. The van der Waals surface area contributed by atoms with E-state index in [9.17, 15) is 13.2 Å². The lowest BCUT2D eigenvalue weighted by Crippen LogP contribution is -2.36. The quantitative estimate of drug-likeness (QED) is 0.583. The molecule has 1 aromatic rings. The zero-order valence-electron chi connectivity index (χ0n) is 15.4. The zero-order chi connectivity index (χ0) is 18.7. The summed E-state index contributed by atoms with van der Waals surface area (Å²) in [6, 6.07) is 6.77. The van der Waals surface area contributed by atoms with E-state index >= 15 is 0 Å². The summed E-state index contributed by atoms with van der Waals surface area (Å²) >= 11 is 0. The second-order valence-corrected chi connectivity index (χ2v) is 8.61. The van der Waals surface area contributed by atoms with E-state index in [1.54, 1.807) is 24.3 Å². The van der Waals surface area contributed by atoms with Crippen molar-refractivity contribution in [1.82, 2.24) is 5.32 Å². The van der Waals surface area contributed by atoms with Crippen molar-refractivity contribution in [3.8, 4) is 5.75 Å². The number of hydrogen-bond acceptors (Lipinski definition) is 4. The number of sulfone groups is 1. The molecule has 0 spiro atoms. The summed E-state index contributed by atoms with van der Waals surface area (Å²) < 4.78 is 27.6. The maximum Gasteiger partial charge on any atom is 0.319 e. The van der Waals surface area contributed by atoms with E-state index in [-0.39, 0.29) is 24.4 Å². The third-order valence-electron chi connectivity index (χ3n) is 3.68. The third kappa shape index (κ3) is 10.7. The number of amides is 2. The molecule has 0 bridgehead atoms. The maximum atomic E-state index is 12.0. The summed E-state index contributed by atoms with van der Waals surface area (Å²) in [5, 5.41) is 5.69. The lowest BCUT2D eigenvalue weighted by Gasteiger charge is -2.15. The summed E-state index contributed by atoms with van der Waals surface area (Å²) in [5.74, 6) is 0.481. The number of rotatable bonds is 11. The lowest BCUT2D eigenvalue weighted by molar-refractivity contribution is 0.248. The van der Waals surface area contributed by atoms with Gasteiger partial charge in [0, 0.05) is 24.1 Å². The molecule has 7 heteroatoms. The zero-order valence-corrected chi connectivity index (χ0v) is 16.2. The van der Waals surface area contributed by atoms with E-state index in [1.165, 1.54) is 25.5 Å². The Morgan fingerprint density at radius 1 is 1.24 bits per heavy atom. The van der Waals surface area contributed by atoms with Crippen LogP contribution in [-0.2, 0) is 9.84 Å². The minimum Gasteiger partial charge on any atom is -0.492 e. The van der Waals surface area contributed by atoms with Crippen molar-refractivity contribution < 1.29 is 17.9 Å². The van der Waals surface area contributed by atoms with Gasteiger partial charge in [-0.2, -0.15) is 0 Å². The van der Waals surface area contributed by atoms with Crippen LogP contribution < -0.4 is 15.4 Å². The fourth-order valence-corrected chi connectivity index (χ4v) is 2.70. The van der Waals surface area contributed by atoms with Crippen LogP contribution in [0.3, 0.4) is 0 Å². The minimum atomic E-state index is -3.05. The van der Waals surface area contributed by atoms with Gasteiger partial charge in [0.25, 0.3) is 0 Å². The van der Waals surface area contributed by atoms with Crippen LogP contribution in [0.15, 0.2) is 24.3 Å². The smallest absolute Gasteiger partial charge is 0.319 e. The average molecular weight is 371 g/mol. The SMILES string of the molecule is CCCCCCC(C)NC(=O)Nc1cccc(OCCS(C)(=O)=O)c1. The first kappa shape index (κ1) is 21.3. The number of anilines is 1. The first-order valence-corrected chi connectivity index (χ1v) is 10.8. The molecule has 6 nitrogen and oxygen atoms in total. The molecule has 142 valence electrons. The van der Waals surface area contributed by atoms with Crippen molar-refractivity contribution in [2.45, 2.75) is 52.0 Å². The number of benzene rings is 1. The molecule has 0 saturated carbocycles. The first-order chi connectivity index (χ1) is 11.8. The van der Waals surface area contributed by atoms with Crippen molar-refractivity contribution in [2.24, 2.45) is 0 Å². The first-order valence-electron chi connectivity index (χ1n) is 8.78. The molecule has 0 aliphatic carbocycles. The molecule has 1 unspecified atom stereocenters. The Kier molecular flexibility index (Phi) is 9.34. The standard InChI is InChI=1S/C18H30N2O4S/c1-4-5-6-7-9-15(2)19-18(21)20-16-10-8-11-17(14-16)24-12-13-25(3,22)23/h8,10-11,14-15H,4-7,9,12-13H2,1-3H3,(H2,19,20,21). The number of carbonyl (C=O) groups is 1. The van der Waals surface area contributed by atoms with Crippen LogP contribution >= 0.6 is 0 Å². The molecule has 1 rings (SSSR count). The Morgan fingerprint density at radius 3 is 2.68 bits per heavy atom. The minimum absolute atomic E-state index is 0.0410.